The summed E-state index contributed by atoms with van der Waals surface area (Å²) in [5.74, 6) is -1.27. The van der Waals surface area contributed by atoms with E-state index in [0.717, 1.165) is 22.5 Å². The third-order valence-corrected chi connectivity index (χ3v) is 5.69. The van der Waals surface area contributed by atoms with Crippen LogP contribution in [0.2, 0.25) is 0 Å². The van der Waals surface area contributed by atoms with Gasteiger partial charge >= 0.3 is 5.69 Å². The molecule has 0 radical (unpaired) electrons. The van der Waals surface area contributed by atoms with Crippen LogP contribution in [0, 0.1) is 21.8 Å². The predicted molar refractivity (Wildman–Crippen MR) is 71.6 cm³/mol. The van der Waals surface area contributed by atoms with Gasteiger partial charge in [-0.15, -0.1) is 0 Å². The van der Waals surface area contributed by atoms with Crippen molar-refractivity contribution in [3.63, 3.8) is 0 Å². The smallest absolute Gasteiger partial charge is 0.324 e. The van der Waals surface area contributed by atoms with Crippen LogP contribution in [0.4, 0.5) is 10.1 Å². The number of benzene rings is 1. The monoisotopic (exact) mass is 318 g/mol. The summed E-state index contributed by atoms with van der Waals surface area (Å²) < 4.78 is 39.8. The zero-order valence-corrected chi connectivity index (χ0v) is 12.1. The highest BCUT2D eigenvalue weighted by Crippen LogP contribution is 2.34. The molecule has 1 aliphatic heterocycles. The Bertz CT molecular complexity index is 664. The topological polar surface area (TPSA) is 101 Å². The molecule has 1 heterocycles. The van der Waals surface area contributed by atoms with Gasteiger partial charge in [-0.05, 0) is 24.5 Å². The molecule has 9 heteroatoms. The van der Waals surface area contributed by atoms with Crippen molar-refractivity contribution in [2.24, 2.45) is 5.92 Å². The first-order valence-corrected chi connectivity index (χ1v) is 7.80. The zero-order valence-electron chi connectivity index (χ0n) is 11.3. The van der Waals surface area contributed by atoms with Crippen molar-refractivity contribution in [2.45, 2.75) is 24.3 Å². The zero-order chi connectivity index (χ0) is 15.8. The van der Waals surface area contributed by atoms with Gasteiger partial charge in [0, 0.05) is 6.54 Å². The molecule has 2 atom stereocenters. The lowest BCUT2D eigenvalue weighted by Crippen LogP contribution is -2.40. The van der Waals surface area contributed by atoms with E-state index in [4.69, 9.17) is 0 Å². The fourth-order valence-electron chi connectivity index (χ4n) is 2.55. The van der Waals surface area contributed by atoms with Gasteiger partial charge in [-0.1, -0.05) is 13.0 Å². The van der Waals surface area contributed by atoms with Gasteiger partial charge in [0.05, 0.1) is 17.6 Å². The number of para-hydroxylation sites is 1. The fraction of sp³-hybridized carbons (Fsp3) is 0.500. The Balaban J connectivity index is 2.56. The molecular formula is C12H15FN2O5S. The third kappa shape index (κ3) is 2.63. The fourth-order valence-corrected chi connectivity index (χ4v) is 4.45. The van der Waals surface area contributed by atoms with Crippen LogP contribution >= 0.6 is 0 Å². The van der Waals surface area contributed by atoms with E-state index in [9.17, 15) is 28.0 Å². The van der Waals surface area contributed by atoms with Crippen LogP contribution < -0.4 is 0 Å². The predicted octanol–water partition coefficient (Wildman–Crippen LogP) is 1.13. The van der Waals surface area contributed by atoms with E-state index in [1.54, 1.807) is 6.92 Å². The molecule has 0 aliphatic carbocycles. The summed E-state index contributed by atoms with van der Waals surface area (Å²) in [4.78, 5) is 9.23. The Morgan fingerprint density at radius 1 is 1.52 bits per heavy atom. The second-order valence-electron chi connectivity index (χ2n) is 4.98. The summed E-state index contributed by atoms with van der Waals surface area (Å²) in [5.41, 5.74) is -1.06. The van der Waals surface area contributed by atoms with Crippen molar-refractivity contribution in [3.05, 3.63) is 34.1 Å². The highest BCUT2D eigenvalue weighted by atomic mass is 32.2. The molecule has 0 aromatic heterocycles. The van der Waals surface area contributed by atoms with E-state index < -0.39 is 37.4 Å². The lowest BCUT2D eigenvalue weighted by atomic mass is 10.0. The summed E-state index contributed by atoms with van der Waals surface area (Å²) in [6.45, 7) is 1.54. The van der Waals surface area contributed by atoms with Crippen molar-refractivity contribution in [3.8, 4) is 0 Å². The number of hydrogen-bond acceptors (Lipinski definition) is 5. The van der Waals surface area contributed by atoms with Gasteiger partial charge in [0.25, 0.3) is 0 Å². The standard InChI is InChI=1S/C12H15FN2O5S/c1-8-5-6-14(10(8)7-16)21(19,20)11-4-2-3-9(13)12(11)15(17)18/h2-4,8,10,16H,5-7H2,1H3. The average molecular weight is 318 g/mol. The van der Waals surface area contributed by atoms with Gasteiger partial charge in [-0.25, -0.2) is 8.42 Å². The van der Waals surface area contributed by atoms with Gasteiger partial charge in [0.15, 0.2) is 4.90 Å². The molecule has 1 N–H and O–H groups in total. The summed E-state index contributed by atoms with van der Waals surface area (Å²) in [7, 11) is -4.24. The Morgan fingerprint density at radius 2 is 2.19 bits per heavy atom. The van der Waals surface area contributed by atoms with E-state index in [1.807, 2.05) is 0 Å². The van der Waals surface area contributed by atoms with Crippen LogP contribution in [0.3, 0.4) is 0 Å². The van der Waals surface area contributed by atoms with Crippen LogP contribution in [-0.2, 0) is 10.0 Å². The average Bonchev–Trinajstić information content (AvgIpc) is 2.79. The number of nitro groups is 1. The largest absolute Gasteiger partial charge is 0.395 e. The van der Waals surface area contributed by atoms with E-state index in [-0.39, 0.29) is 19.1 Å². The van der Waals surface area contributed by atoms with Crippen LogP contribution in [0.15, 0.2) is 23.1 Å². The van der Waals surface area contributed by atoms with E-state index in [1.165, 1.54) is 0 Å². The number of aliphatic hydroxyl groups is 1. The molecule has 1 aliphatic rings. The molecule has 1 saturated heterocycles. The summed E-state index contributed by atoms with van der Waals surface area (Å²) in [6, 6.07) is 2.31. The minimum absolute atomic E-state index is 0.0719. The molecule has 116 valence electrons. The highest BCUT2D eigenvalue weighted by molar-refractivity contribution is 7.89. The first kappa shape index (κ1) is 15.8. The number of rotatable bonds is 4. The maximum Gasteiger partial charge on any atom is 0.324 e. The van der Waals surface area contributed by atoms with E-state index in [0.29, 0.717) is 6.42 Å². The molecule has 2 unspecified atom stereocenters. The number of sulfonamides is 1. The van der Waals surface area contributed by atoms with Crippen molar-refractivity contribution in [2.75, 3.05) is 13.2 Å². The second kappa shape index (κ2) is 5.66. The lowest BCUT2D eigenvalue weighted by molar-refractivity contribution is -0.390. The number of nitro benzene ring substituents is 1. The minimum atomic E-state index is -4.24. The van der Waals surface area contributed by atoms with Gasteiger partial charge in [-0.2, -0.15) is 8.70 Å². The Kier molecular flexibility index (Phi) is 4.26. The molecular weight excluding hydrogens is 303 g/mol. The minimum Gasteiger partial charge on any atom is -0.395 e. The first-order valence-electron chi connectivity index (χ1n) is 6.36. The summed E-state index contributed by atoms with van der Waals surface area (Å²) in [6.07, 6.45) is 0.535. The van der Waals surface area contributed by atoms with E-state index >= 15 is 0 Å². The number of hydrogen-bond donors (Lipinski definition) is 1. The lowest BCUT2D eigenvalue weighted by Gasteiger charge is -2.24. The molecule has 0 saturated carbocycles. The van der Waals surface area contributed by atoms with Crippen LogP contribution in [0.25, 0.3) is 0 Å². The molecule has 0 bridgehead atoms. The van der Waals surface area contributed by atoms with Crippen molar-refractivity contribution in [1.82, 2.24) is 4.31 Å². The second-order valence-corrected chi connectivity index (χ2v) is 6.83. The van der Waals surface area contributed by atoms with E-state index in [2.05, 4.69) is 0 Å². The van der Waals surface area contributed by atoms with Crippen molar-refractivity contribution in [1.29, 1.82) is 0 Å². The quantitative estimate of drug-likeness (QED) is 0.662. The summed E-state index contributed by atoms with van der Waals surface area (Å²) >= 11 is 0. The highest BCUT2D eigenvalue weighted by Gasteiger charge is 2.42. The maximum atomic E-state index is 13.6. The van der Waals surface area contributed by atoms with Crippen LogP contribution in [0.5, 0.6) is 0 Å². The van der Waals surface area contributed by atoms with Crippen LogP contribution in [-0.4, -0.2) is 41.9 Å². The molecule has 0 spiro atoms. The normalized spacial score (nSPS) is 23.4. The Labute approximate surface area is 121 Å². The third-order valence-electron chi connectivity index (χ3n) is 3.74. The SMILES string of the molecule is CC1CCN(S(=O)(=O)c2cccc(F)c2[N+](=O)[O-])C1CO. The molecule has 1 aromatic carbocycles. The summed E-state index contributed by atoms with van der Waals surface area (Å²) in [5, 5.41) is 20.3. The molecule has 7 nitrogen and oxygen atoms in total. The van der Waals surface area contributed by atoms with Gasteiger partial charge in [-0.3, -0.25) is 10.1 Å². The van der Waals surface area contributed by atoms with Gasteiger partial charge < -0.3 is 5.11 Å². The Hall–Kier alpha value is -1.58. The van der Waals surface area contributed by atoms with Gasteiger partial charge in [0.1, 0.15) is 0 Å². The number of nitrogens with zero attached hydrogens (tertiary/aromatic N) is 2. The van der Waals surface area contributed by atoms with Crippen molar-refractivity contribution < 1.29 is 22.8 Å². The molecule has 21 heavy (non-hydrogen) atoms. The number of aliphatic hydroxyl groups excluding tert-OH is 1. The molecule has 1 aromatic rings. The molecule has 0 amide bonds. The van der Waals surface area contributed by atoms with Gasteiger partial charge in [0.2, 0.25) is 15.8 Å². The van der Waals surface area contributed by atoms with Crippen molar-refractivity contribution >= 4 is 15.7 Å². The molecule has 2 rings (SSSR count). The van der Waals surface area contributed by atoms with Crippen LogP contribution in [0.1, 0.15) is 13.3 Å². The Morgan fingerprint density at radius 3 is 2.76 bits per heavy atom. The first-order chi connectivity index (χ1) is 9.80. The number of halogens is 1. The maximum absolute atomic E-state index is 13.6. The molecule has 1 fully saturated rings.